The largest absolute Gasteiger partial charge is 0.467 e. The van der Waals surface area contributed by atoms with Crippen LogP contribution in [-0.2, 0) is 19.1 Å². The number of urea groups is 1. The van der Waals surface area contributed by atoms with Gasteiger partial charge in [0.15, 0.2) is 10.8 Å². The van der Waals surface area contributed by atoms with Crippen molar-refractivity contribution in [3.63, 3.8) is 0 Å². The molecule has 1 N–H and O–H groups in total. The summed E-state index contributed by atoms with van der Waals surface area (Å²) in [5.41, 5.74) is -0.0617. The molecule has 1 aromatic carbocycles. The number of benzene rings is 1. The number of hydrogen-bond acceptors (Lipinski definition) is 10. The fourth-order valence-corrected chi connectivity index (χ4v) is 6.26. The highest BCUT2D eigenvalue weighted by Gasteiger charge is 2.49. The number of carbonyl (C=O) groups excluding carboxylic acids is 3. The Morgan fingerprint density at radius 1 is 1.22 bits per heavy atom. The van der Waals surface area contributed by atoms with E-state index in [9.17, 15) is 18.8 Å². The number of halogens is 2. The van der Waals surface area contributed by atoms with Crippen LogP contribution >= 0.6 is 22.9 Å². The first-order chi connectivity index (χ1) is 19.6. The number of amidine groups is 1. The van der Waals surface area contributed by atoms with Crippen LogP contribution in [0.5, 0.6) is 0 Å². The van der Waals surface area contributed by atoms with E-state index in [1.165, 1.54) is 37.7 Å². The van der Waals surface area contributed by atoms with Crippen LogP contribution in [0.2, 0.25) is 5.02 Å². The highest BCUT2D eigenvalue weighted by molar-refractivity contribution is 7.11. The van der Waals surface area contributed by atoms with Crippen molar-refractivity contribution >= 4 is 46.7 Å². The van der Waals surface area contributed by atoms with Crippen molar-refractivity contribution in [2.24, 2.45) is 4.99 Å². The first-order valence-corrected chi connectivity index (χ1v) is 14.2. The van der Waals surface area contributed by atoms with Crippen LogP contribution in [0.1, 0.15) is 30.5 Å². The zero-order valence-electron chi connectivity index (χ0n) is 23.0. The number of thiazole rings is 1. The first-order valence-electron chi connectivity index (χ1n) is 13.0. The lowest BCUT2D eigenvalue weighted by Crippen LogP contribution is -2.54. The number of hydrogen-bond donors (Lipinski definition) is 1. The minimum atomic E-state index is -1.12. The molecule has 2 fully saturated rings. The van der Waals surface area contributed by atoms with Gasteiger partial charge in [0.2, 0.25) is 0 Å². The Morgan fingerprint density at radius 2 is 2.00 bits per heavy atom. The van der Waals surface area contributed by atoms with Crippen LogP contribution in [0.15, 0.2) is 46.0 Å². The van der Waals surface area contributed by atoms with Crippen molar-refractivity contribution in [3.05, 3.63) is 62.5 Å². The van der Waals surface area contributed by atoms with Gasteiger partial charge in [-0.05, 0) is 19.9 Å². The summed E-state index contributed by atoms with van der Waals surface area (Å²) in [6.07, 6.45) is 1.64. The lowest BCUT2D eigenvalue weighted by atomic mass is 9.95. The molecule has 1 aromatic heterocycles. The number of piperazine rings is 1. The molecular formula is C27H30ClFN6O5S. The van der Waals surface area contributed by atoms with Gasteiger partial charge in [-0.15, -0.1) is 11.3 Å². The predicted molar refractivity (Wildman–Crippen MR) is 150 cm³/mol. The van der Waals surface area contributed by atoms with Crippen LogP contribution in [-0.4, -0.2) is 102 Å². The maximum Gasteiger partial charge on any atom is 0.338 e. The fourth-order valence-electron chi connectivity index (χ4n) is 5.44. The van der Waals surface area contributed by atoms with E-state index in [4.69, 9.17) is 26.1 Å². The Morgan fingerprint density at radius 3 is 2.68 bits per heavy atom. The molecule has 0 bridgehead atoms. The number of aliphatic imine (C=N–C) groups is 1. The number of esters is 2. The smallest absolute Gasteiger partial charge is 0.338 e. The lowest BCUT2D eigenvalue weighted by Gasteiger charge is -2.38. The molecule has 1 unspecified atom stereocenters. The average Bonchev–Trinajstić information content (AvgIpc) is 3.62. The summed E-state index contributed by atoms with van der Waals surface area (Å²) in [4.78, 5) is 53.3. The number of nitrogens with one attached hydrogen (secondary N) is 1. The average molecular weight is 605 g/mol. The van der Waals surface area contributed by atoms with Gasteiger partial charge in [0, 0.05) is 55.6 Å². The molecule has 0 spiro atoms. The summed E-state index contributed by atoms with van der Waals surface area (Å²) in [5, 5.41) is 5.54. The molecule has 3 aliphatic rings. The molecule has 3 aliphatic heterocycles. The Kier molecular flexibility index (Phi) is 8.04. The number of nitrogens with zero attached hydrogens (tertiary/aromatic N) is 5. The third-order valence-electron chi connectivity index (χ3n) is 7.62. The Bertz CT molecular complexity index is 1430. The van der Waals surface area contributed by atoms with Crippen molar-refractivity contribution in [1.82, 2.24) is 25.0 Å². The SMILES string of the molecule is COC(=O)C1=C(CN2CCN3C(=O)N(C(C)(C)C(=O)OC)CC3C2)NC(c2nccs2)=N[C@H]1c1cccc(F)c1Cl. The van der Waals surface area contributed by atoms with Gasteiger partial charge >= 0.3 is 18.0 Å². The van der Waals surface area contributed by atoms with E-state index in [2.05, 4.69) is 15.2 Å². The number of methoxy groups -OCH3 is 2. The van der Waals surface area contributed by atoms with Gasteiger partial charge < -0.3 is 24.6 Å². The monoisotopic (exact) mass is 604 g/mol. The first kappa shape index (κ1) is 29.0. The van der Waals surface area contributed by atoms with Crippen LogP contribution in [0, 0.1) is 5.82 Å². The van der Waals surface area contributed by atoms with Crippen molar-refractivity contribution < 1.29 is 28.2 Å². The molecule has 11 nitrogen and oxygen atoms in total. The predicted octanol–water partition coefficient (Wildman–Crippen LogP) is 2.83. The highest BCUT2D eigenvalue weighted by Crippen LogP contribution is 2.38. The summed E-state index contributed by atoms with van der Waals surface area (Å²) in [5.74, 6) is -1.31. The number of amides is 2. The fraction of sp³-hybridized carbons (Fsp3) is 0.444. The van der Waals surface area contributed by atoms with Gasteiger partial charge in [0.1, 0.15) is 17.4 Å². The van der Waals surface area contributed by atoms with E-state index >= 15 is 0 Å². The third kappa shape index (κ3) is 5.29. The van der Waals surface area contributed by atoms with Crippen LogP contribution in [0.4, 0.5) is 9.18 Å². The summed E-state index contributed by atoms with van der Waals surface area (Å²) in [7, 11) is 2.58. The minimum Gasteiger partial charge on any atom is -0.467 e. The number of ether oxygens (including phenoxy) is 2. The standard InChI is InChI=1S/C27H30ClFN6O5S/c1-27(2,25(37)40-4)35-13-15-12-33(9-10-34(15)26(35)38)14-18-19(24(36)39-3)21(16-6-5-7-17(29)20(16)28)32-22(31-18)23-30-8-11-41-23/h5-8,11,15,21H,9-10,12-14H2,1-4H3,(H,31,32)/t15?,21-/m0/s1. The lowest BCUT2D eigenvalue weighted by molar-refractivity contribution is -0.151. The minimum absolute atomic E-state index is 0.131. The molecule has 2 atom stereocenters. The second-order valence-electron chi connectivity index (χ2n) is 10.4. The summed E-state index contributed by atoms with van der Waals surface area (Å²) in [6, 6.07) is 3.07. The summed E-state index contributed by atoms with van der Waals surface area (Å²) in [6.45, 7) is 5.42. The van der Waals surface area contributed by atoms with Crippen molar-refractivity contribution in [2.45, 2.75) is 31.5 Å². The van der Waals surface area contributed by atoms with Gasteiger partial charge in [0.25, 0.3) is 0 Å². The van der Waals surface area contributed by atoms with E-state index in [0.717, 1.165) is 0 Å². The van der Waals surface area contributed by atoms with Crippen LogP contribution < -0.4 is 5.32 Å². The summed E-state index contributed by atoms with van der Waals surface area (Å²) >= 11 is 7.74. The van der Waals surface area contributed by atoms with Crippen molar-refractivity contribution in [3.8, 4) is 0 Å². The molecule has 2 amide bonds. The topological polar surface area (TPSA) is 117 Å². The Balaban J connectivity index is 1.47. The van der Waals surface area contributed by atoms with Gasteiger partial charge in [-0.1, -0.05) is 23.7 Å². The molecule has 218 valence electrons. The number of fused-ring (bicyclic) bond motifs is 1. The summed E-state index contributed by atoms with van der Waals surface area (Å²) < 4.78 is 24.6. The molecule has 14 heteroatoms. The van der Waals surface area contributed by atoms with E-state index in [0.29, 0.717) is 48.3 Å². The second kappa shape index (κ2) is 11.4. The maximum absolute atomic E-state index is 14.5. The number of rotatable bonds is 7. The molecule has 4 heterocycles. The van der Waals surface area contributed by atoms with Gasteiger partial charge in [0.05, 0.1) is 30.9 Å². The molecule has 2 saturated heterocycles. The van der Waals surface area contributed by atoms with E-state index in [-0.39, 0.29) is 29.2 Å². The molecular weight excluding hydrogens is 575 g/mol. The van der Waals surface area contributed by atoms with E-state index < -0.39 is 29.3 Å². The van der Waals surface area contributed by atoms with E-state index in [1.54, 1.807) is 41.3 Å². The Labute approximate surface area is 245 Å². The van der Waals surface area contributed by atoms with Crippen LogP contribution in [0.25, 0.3) is 0 Å². The maximum atomic E-state index is 14.5. The normalized spacial score (nSPS) is 21.4. The molecule has 0 radical (unpaired) electrons. The second-order valence-corrected chi connectivity index (χ2v) is 11.7. The number of carbonyl (C=O) groups is 3. The Hall–Kier alpha value is -3.55. The zero-order chi connectivity index (χ0) is 29.5. The highest BCUT2D eigenvalue weighted by atomic mass is 35.5. The third-order valence-corrected chi connectivity index (χ3v) is 8.80. The zero-order valence-corrected chi connectivity index (χ0v) is 24.6. The molecule has 41 heavy (non-hydrogen) atoms. The number of aromatic nitrogens is 1. The van der Waals surface area contributed by atoms with E-state index in [1.807, 2.05) is 0 Å². The quantitative estimate of drug-likeness (QED) is 0.480. The van der Waals surface area contributed by atoms with Gasteiger partial charge in [-0.3, -0.25) is 9.89 Å². The van der Waals surface area contributed by atoms with Crippen LogP contribution in [0.3, 0.4) is 0 Å². The van der Waals surface area contributed by atoms with Crippen molar-refractivity contribution in [2.75, 3.05) is 46.9 Å². The van der Waals surface area contributed by atoms with Gasteiger partial charge in [-0.25, -0.2) is 23.8 Å². The molecule has 5 rings (SSSR count). The van der Waals surface area contributed by atoms with Crippen molar-refractivity contribution in [1.29, 1.82) is 0 Å². The molecule has 0 saturated carbocycles. The van der Waals surface area contributed by atoms with Gasteiger partial charge in [-0.2, -0.15) is 0 Å². The molecule has 2 aromatic rings. The molecule has 0 aliphatic carbocycles.